The number of rotatable bonds is 6. The summed E-state index contributed by atoms with van der Waals surface area (Å²) >= 11 is 0. The Bertz CT molecular complexity index is 1320. The van der Waals surface area contributed by atoms with Gasteiger partial charge in [-0.2, -0.15) is 0 Å². The second-order valence-corrected chi connectivity index (χ2v) is 9.10. The summed E-state index contributed by atoms with van der Waals surface area (Å²) < 4.78 is 0. The highest BCUT2D eigenvalue weighted by Gasteiger charge is 2.19. The van der Waals surface area contributed by atoms with Gasteiger partial charge >= 0.3 is 0 Å². The molecule has 1 aliphatic heterocycles. The van der Waals surface area contributed by atoms with Crippen LogP contribution in [0.5, 0.6) is 0 Å². The van der Waals surface area contributed by atoms with Gasteiger partial charge in [-0.15, -0.1) is 0 Å². The van der Waals surface area contributed by atoms with Gasteiger partial charge in [0.25, 0.3) is 0 Å². The highest BCUT2D eigenvalue weighted by molar-refractivity contribution is 6.03. The van der Waals surface area contributed by atoms with Gasteiger partial charge in [-0.05, 0) is 60.5 Å². The molecule has 0 radical (unpaired) electrons. The van der Waals surface area contributed by atoms with Crippen LogP contribution in [0.25, 0.3) is 33.4 Å². The van der Waals surface area contributed by atoms with Crippen molar-refractivity contribution in [2.24, 2.45) is 0 Å². The van der Waals surface area contributed by atoms with Gasteiger partial charge in [0.05, 0.1) is 5.69 Å². The maximum absolute atomic E-state index is 11.1. The lowest BCUT2D eigenvalue weighted by atomic mass is 9.96. The van der Waals surface area contributed by atoms with Crippen LogP contribution in [0.4, 0.5) is 11.4 Å². The van der Waals surface area contributed by atoms with E-state index in [1.807, 2.05) is 7.05 Å². The number of aryl methyl sites for hydroxylation is 1. The zero-order chi connectivity index (χ0) is 23.7. The number of anilines is 2. The van der Waals surface area contributed by atoms with Crippen LogP contribution in [0.1, 0.15) is 11.1 Å². The van der Waals surface area contributed by atoms with E-state index < -0.39 is 0 Å². The Morgan fingerprint density at radius 2 is 1.76 bits per heavy atom. The first-order valence-electron chi connectivity index (χ1n) is 11.8. The number of likely N-dealkylation sites (N-methyl/N-ethyl adjacent to an activating group) is 1. The minimum absolute atomic E-state index is 0.359. The van der Waals surface area contributed by atoms with Crippen LogP contribution in [0.3, 0.4) is 0 Å². The van der Waals surface area contributed by atoms with Crippen molar-refractivity contribution in [3.8, 4) is 22.4 Å². The molecule has 1 aliphatic rings. The van der Waals surface area contributed by atoms with Gasteiger partial charge in [0, 0.05) is 68.2 Å². The molecule has 0 saturated carbocycles. The molecule has 1 saturated heterocycles. The molecular weight excluding hydrogens is 422 g/mol. The van der Waals surface area contributed by atoms with E-state index in [-0.39, 0.29) is 0 Å². The van der Waals surface area contributed by atoms with Crippen LogP contribution >= 0.6 is 0 Å². The van der Waals surface area contributed by atoms with Crippen molar-refractivity contribution in [3.63, 3.8) is 0 Å². The third-order valence-electron chi connectivity index (χ3n) is 6.85. The van der Waals surface area contributed by atoms with E-state index in [0.717, 1.165) is 77.1 Å². The summed E-state index contributed by atoms with van der Waals surface area (Å²) in [6.45, 7) is 6.38. The van der Waals surface area contributed by atoms with E-state index in [9.17, 15) is 4.79 Å². The number of nitrogens with one attached hydrogen (secondary N) is 2. The summed E-state index contributed by atoms with van der Waals surface area (Å²) in [7, 11) is 4.13. The van der Waals surface area contributed by atoms with Crippen molar-refractivity contribution >= 4 is 28.7 Å². The molecule has 6 nitrogen and oxygen atoms in total. The quantitative estimate of drug-likeness (QED) is 0.413. The first-order valence-corrected chi connectivity index (χ1v) is 11.8. The number of pyridine rings is 1. The highest BCUT2D eigenvalue weighted by Crippen LogP contribution is 2.40. The molecule has 0 atom stereocenters. The number of fused-ring (bicyclic) bond motifs is 1. The number of benzene rings is 2. The van der Waals surface area contributed by atoms with Gasteiger partial charge in [0.15, 0.2) is 0 Å². The van der Waals surface area contributed by atoms with Gasteiger partial charge in [-0.3, -0.25) is 0 Å². The minimum atomic E-state index is 0.359. The number of hydrogen-bond donors (Lipinski definition) is 2. The second kappa shape index (κ2) is 9.31. The smallest absolute Gasteiger partial charge is 0.138 e. The zero-order valence-corrected chi connectivity index (χ0v) is 20.1. The monoisotopic (exact) mass is 453 g/mol. The van der Waals surface area contributed by atoms with Crippen LogP contribution in [0.2, 0.25) is 0 Å². The van der Waals surface area contributed by atoms with E-state index >= 15 is 0 Å². The van der Waals surface area contributed by atoms with E-state index in [1.54, 1.807) is 6.20 Å². The number of aromatic amines is 1. The molecule has 3 heterocycles. The Balaban J connectivity index is 1.62. The van der Waals surface area contributed by atoms with Crippen molar-refractivity contribution in [1.29, 1.82) is 0 Å². The fraction of sp³-hybridized carbons (Fsp3) is 0.286. The molecule has 0 spiro atoms. The van der Waals surface area contributed by atoms with Gasteiger partial charge in [0.1, 0.15) is 11.9 Å². The van der Waals surface area contributed by atoms with Crippen LogP contribution in [0, 0.1) is 6.92 Å². The van der Waals surface area contributed by atoms with E-state index in [2.05, 4.69) is 87.6 Å². The fourth-order valence-electron chi connectivity index (χ4n) is 4.79. The number of aldehydes is 1. The minimum Gasteiger partial charge on any atom is -0.388 e. The molecule has 5 rings (SSSR count). The molecule has 0 amide bonds. The predicted molar refractivity (Wildman–Crippen MR) is 141 cm³/mol. The fourth-order valence-corrected chi connectivity index (χ4v) is 4.79. The lowest BCUT2D eigenvalue weighted by Gasteiger charge is -2.34. The van der Waals surface area contributed by atoms with E-state index in [0.29, 0.717) is 6.42 Å². The first-order chi connectivity index (χ1) is 16.6. The summed E-state index contributed by atoms with van der Waals surface area (Å²) in [4.78, 5) is 24.2. The third-order valence-corrected chi connectivity index (χ3v) is 6.85. The van der Waals surface area contributed by atoms with Gasteiger partial charge in [0.2, 0.25) is 0 Å². The standard InChI is InChI=1S/C28H31N5O/c1-19-4-5-22(17-25(19)29-2)26-24-16-20(10-15-34)18-30-28(24)31-27(26)21-6-8-23(9-7-21)33-13-11-32(3)12-14-33/h4-9,15-18,29H,10-14H2,1-3H3,(H,30,31). The summed E-state index contributed by atoms with van der Waals surface area (Å²) in [5.74, 6) is 0. The molecule has 34 heavy (non-hydrogen) atoms. The number of H-pyrrole nitrogens is 1. The summed E-state index contributed by atoms with van der Waals surface area (Å²) in [6, 6.07) is 17.4. The Morgan fingerprint density at radius 1 is 1.03 bits per heavy atom. The molecule has 2 aromatic heterocycles. The maximum Gasteiger partial charge on any atom is 0.138 e. The molecule has 2 aromatic carbocycles. The van der Waals surface area contributed by atoms with Gasteiger partial charge in [-0.1, -0.05) is 24.3 Å². The summed E-state index contributed by atoms with van der Waals surface area (Å²) in [5, 5.41) is 4.33. The number of nitrogens with zero attached hydrogens (tertiary/aromatic N) is 3. The van der Waals surface area contributed by atoms with Gasteiger partial charge in [-0.25, -0.2) is 4.98 Å². The Hall–Kier alpha value is -3.64. The summed E-state index contributed by atoms with van der Waals surface area (Å²) in [6.07, 6.45) is 3.07. The maximum atomic E-state index is 11.1. The first kappa shape index (κ1) is 22.2. The van der Waals surface area contributed by atoms with E-state index in [4.69, 9.17) is 0 Å². The van der Waals surface area contributed by atoms with Crippen molar-refractivity contribution in [2.75, 3.05) is 50.5 Å². The number of aromatic nitrogens is 2. The Morgan fingerprint density at radius 3 is 2.47 bits per heavy atom. The van der Waals surface area contributed by atoms with Crippen LogP contribution in [-0.4, -0.2) is 61.4 Å². The Labute approximate surface area is 200 Å². The van der Waals surface area contributed by atoms with Crippen molar-refractivity contribution < 1.29 is 4.79 Å². The topological polar surface area (TPSA) is 64.3 Å². The van der Waals surface area contributed by atoms with Crippen LogP contribution in [-0.2, 0) is 11.2 Å². The normalized spacial score (nSPS) is 14.5. The van der Waals surface area contributed by atoms with Gasteiger partial charge < -0.3 is 24.9 Å². The third kappa shape index (κ3) is 4.17. The molecule has 0 bridgehead atoms. The second-order valence-electron chi connectivity index (χ2n) is 9.10. The number of carbonyl (C=O) groups is 1. The Kier molecular flexibility index (Phi) is 6.07. The average Bonchev–Trinajstić information content (AvgIpc) is 3.24. The van der Waals surface area contributed by atoms with Crippen molar-refractivity contribution in [2.45, 2.75) is 13.3 Å². The lowest BCUT2D eigenvalue weighted by molar-refractivity contribution is -0.107. The molecule has 174 valence electrons. The zero-order valence-electron chi connectivity index (χ0n) is 20.1. The van der Waals surface area contributed by atoms with E-state index in [1.165, 1.54) is 11.3 Å². The largest absolute Gasteiger partial charge is 0.388 e. The molecule has 1 fully saturated rings. The number of hydrogen-bond acceptors (Lipinski definition) is 5. The lowest BCUT2D eigenvalue weighted by Crippen LogP contribution is -2.44. The average molecular weight is 454 g/mol. The number of carbonyl (C=O) groups excluding carboxylic acids is 1. The van der Waals surface area contributed by atoms with Crippen molar-refractivity contribution in [3.05, 3.63) is 65.9 Å². The molecule has 6 heteroatoms. The van der Waals surface area contributed by atoms with Crippen LogP contribution in [0.15, 0.2) is 54.7 Å². The molecule has 4 aromatic rings. The predicted octanol–water partition coefficient (Wildman–Crippen LogP) is 4.74. The summed E-state index contributed by atoms with van der Waals surface area (Å²) in [5.41, 5.74) is 9.69. The van der Waals surface area contributed by atoms with Crippen molar-refractivity contribution in [1.82, 2.24) is 14.9 Å². The molecule has 0 aliphatic carbocycles. The SMILES string of the molecule is CNc1cc(-c2c(-c3ccc(N4CCN(C)CC4)cc3)[nH]c3ncc(CC=O)cc23)ccc1C. The molecule has 2 N–H and O–H groups in total. The number of piperazine rings is 1. The molecule has 0 unspecified atom stereocenters. The highest BCUT2D eigenvalue weighted by atomic mass is 16.1. The van der Waals surface area contributed by atoms with Crippen LogP contribution < -0.4 is 10.2 Å². The molecular formula is C28H31N5O.